The molecule has 0 radical (unpaired) electrons. The maximum Gasteiger partial charge on any atom is 0.215 e. The van der Waals surface area contributed by atoms with Crippen LogP contribution in [0.15, 0.2) is 23.2 Å². The van der Waals surface area contributed by atoms with Gasteiger partial charge in [0.2, 0.25) is 10.0 Å². The van der Waals surface area contributed by atoms with Gasteiger partial charge in [0.05, 0.1) is 12.4 Å². The number of guanidine groups is 1. The van der Waals surface area contributed by atoms with E-state index in [2.05, 4.69) is 15.6 Å². The number of benzene rings is 1. The molecule has 0 fully saturated rings. The number of nitrogens with zero attached hydrogens (tertiary/aromatic N) is 2. The van der Waals surface area contributed by atoms with Crippen LogP contribution in [0.5, 0.6) is 5.75 Å². The number of ether oxygens (including phenoxy) is 1. The van der Waals surface area contributed by atoms with E-state index in [1.165, 1.54) is 4.31 Å². The summed E-state index contributed by atoms with van der Waals surface area (Å²) in [6.07, 6.45) is 0. The van der Waals surface area contributed by atoms with E-state index >= 15 is 0 Å². The first-order chi connectivity index (χ1) is 12.4. The van der Waals surface area contributed by atoms with Crippen molar-refractivity contribution in [2.24, 2.45) is 4.99 Å². The maximum atomic E-state index is 12.2. The predicted molar refractivity (Wildman–Crippen MR) is 107 cm³/mol. The fourth-order valence-electron chi connectivity index (χ4n) is 2.54. The molecule has 0 saturated heterocycles. The number of nitrogens with one attached hydrogen (secondary N) is 2. The number of sulfonamides is 1. The largest absolute Gasteiger partial charge is 0.494 e. The zero-order valence-corrected chi connectivity index (χ0v) is 17.3. The summed E-state index contributed by atoms with van der Waals surface area (Å²) >= 11 is 0. The lowest BCUT2D eigenvalue weighted by molar-refractivity contribution is 0.336. The van der Waals surface area contributed by atoms with E-state index in [-0.39, 0.29) is 5.75 Å². The molecule has 148 valence electrons. The second-order valence-corrected chi connectivity index (χ2v) is 7.89. The standard InChI is InChI=1S/C18H32N4O3S/c1-6-22(7-2)26(23,24)12-11-20-18(19-5)21-14-16-10-9-15(4)13-17(16)25-8-3/h9-10,13H,6-8,11-12,14H2,1-5H3,(H2,19,20,21). The molecule has 0 atom stereocenters. The third kappa shape index (κ3) is 6.84. The van der Waals surface area contributed by atoms with Gasteiger partial charge in [0, 0.05) is 38.8 Å². The SMILES string of the molecule is CCOc1cc(C)ccc1CNC(=NC)NCCS(=O)(=O)N(CC)CC. The molecule has 0 spiro atoms. The number of hydrogen-bond acceptors (Lipinski definition) is 4. The average molecular weight is 385 g/mol. The predicted octanol–water partition coefficient (Wildman–Crippen LogP) is 1.73. The second kappa shape index (κ2) is 11.0. The molecule has 0 aliphatic carbocycles. The van der Waals surface area contributed by atoms with Crippen LogP contribution in [-0.4, -0.2) is 57.7 Å². The molecular weight excluding hydrogens is 352 g/mol. The molecule has 0 aliphatic heterocycles. The summed E-state index contributed by atoms with van der Waals surface area (Å²) in [5.74, 6) is 1.44. The number of aryl methyl sites for hydroxylation is 1. The van der Waals surface area contributed by atoms with Crippen LogP contribution in [0.25, 0.3) is 0 Å². The lowest BCUT2D eigenvalue weighted by Crippen LogP contribution is -2.41. The van der Waals surface area contributed by atoms with E-state index in [0.29, 0.717) is 38.7 Å². The van der Waals surface area contributed by atoms with Crippen molar-refractivity contribution in [2.45, 2.75) is 34.2 Å². The summed E-state index contributed by atoms with van der Waals surface area (Å²) < 4.78 is 31.5. The fraction of sp³-hybridized carbons (Fsp3) is 0.611. The highest BCUT2D eigenvalue weighted by Gasteiger charge is 2.18. The highest BCUT2D eigenvalue weighted by atomic mass is 32.2. The van der Waals surface area contributed by atoms with Crippen LogP contribution in [-0.2, 0) is 16.6 Å². The lowest BCUT2D eigenvalue weighted by atomic mass is 10.1. The molecule has 0 saturated carbocycles. The summed E-state index contributed by atoms with van der Waals surface area (Å²) in [6, 6.07) is 6.06. The van der Waals surface area contributed by atoms with Crippen LogP contribution in [0.2, 0.25) is 0 Å². The molecule has 1 aromatic rings. The van der Waals surface area contributed by atoms with Crippen LogP contribution in [0.1, 0.15) is 31.9 Å². The molecule has 1 rings (SSSR count). The van der Waals surface area contributed by atoms with E-state index in [0.717, 1.165) is 16.9 Å². The average Bonchev–Trinajstić information content (AvgIpc) is 2.60. The monoisotopic (exact) mass is 384 g/mol. The Hall–Kier alpha value is -1.80. The van der Waals surface area contributed by atoms with Crippen molar-refractivity contribution in [1.29, 1.82) is 0 Å². The minimum Gasteiger partial charge on any atom is -0.494 e. The van der Waals surface area contributed by atoms with Gasteiger partial charge in [-0.3, -0.25) is 4.99 Å². The number of rotatable bonds is 10. The summed E-state index contributed by atoms with van der Waals surface area (Å²) in [6.45, 7) is 10.1. The van der Waals surface area contributed by atoms with Gasteiger partial charge in [-0.25, -0.2) is 12.7 Å². The van der Waals surface area contributed by atoms with Crippen molar-refractivity contribution in [3.05, 3.63) is 29.3 Å². The minimum atomic E-state index is -3.24. The van der Waals surface area contributed by atoms with Gasteiger partial charge < -0.3 is 15.4 Å². The Bertz CT molecular complexity index is 686. The van der Waals surface area contributed by atoms with Gasteiger partial charge in [-0.2, -0.15) is 0 Å². The Labute approximate surface area is 157 Å². The van der Waals surface area contributed by atoms with Crippen molar-refractivity contribution in [1.82, 2.24) is 14.9 Å². The highest BCUT2D eigenvalue weighted by Crippen LogP contribution is 2.20. The van der Waals surface area contributed by atoms with E-state index in [9.17, 15) is 8.42 Å². The van der Waals surface area contributed by atoms with Crippen molar-refractivity contribution < 1.29 is 13.2 Å². The van der Waals surface area contributed by atoms with E-state index < -0.39 is 10.0 Å². The van der Waals surface area contributed by atoms with Crippen LogP contribution >= 0.6 is 0 Å². The molecule has 1 aromatic carbocycles. The number of aliphatic imine (C=N–C) groups is 1. The van der Waals surface area contributed by atoms with Crippen LogP contribution in [0, 0.1) is 6.92 Å². The quantitative estimate of drug-likeness (QED) is 0.474. The molecule has 0 unspecified atom stereocenters. The van der Waals surface area contributed by atoms with Crippen molar-refractivity contribution in [2.75, 3.05) is 39.0 Å². The highest BCUT2D eigenvalue weighted by molar-refractivity contribution is 7.89. The maximum absolute atomic E-state index is 12.2. The topological polar surface area (TPSA) is 83.0 Å². The second-order valence-electron chi connectivity index (χ2n) is 5.80. The van der Waals surface area contributed by atoms with Crippen molar-refractivity contribution in [3.63, 3.8) is 0 Å². The Morgan fingerprint density at radius 2 is 1.88 bits per heavy atom. The zero-order chi connectivity index (χ0) is 19.6. The zero-order valence-electron chi connectivity index (χ0n) is 16.5. The summed E-state index contributed by atoms with van der Waals surface area (Å²) in [5, 5.41) is 6.25. The first-order valence-electron chi connectivity index (χ1n) is 9.02. The van der Waals surface area contributed by atoms with Crippen LogP contribution < -0.4 is 15.4 Å². The van der Waals surface area contributed by atoms with Gasteiger partial charge in [-0.05, 0) is 25.5 Å². The van der Waals surface area contributed by atoms with Gasteiger partial charge >= 0.3 is 0 Å². The third-order valence-electron chi connectivity index (χ3n) is 3.94. The molecule has 0 heterocycles. The fourth-order valence-corrected chi connectivity index (χ4v) is 3.95. The Kier molecular flexibility index (Phi) is 9.43. The number of hydrogen-bond donors (Lipinski definition) is 2. The first kappa shape index (κ1) is 22.2. The Balaban J connectivity index is 2.59. The summed E-state index contributed by atoms with van der Waals surface area (Å²) in [5.41, 5.74) is 2.16. The lowest BCUT2D eigenvalue weighted by Gasteiger charge is -2.19. The van der Waals surface area contributed by atoms with Gasteiger partial charge in [-0.15, -0.1) is 0 Å². The van der Waals surface area contributed by atoms with E-state index in [1.807, 2.05) is 45.9 Å². The van der Waals surface area contributed by atoms with Crippen molar-refractivity contribution in [3.8, 4) is 5.75 Å². The van der Waals surface area contributed by atoms with Crippen molar-refractivity contribution >= 4 is 16.0 Å². The van der Waals surface area contributed by atoms with Gasteiger partial charge in [-0.1, -0.05) is 26.0 Å². The Morgan fingerprint density at radius 3 is 2.46 bits per heavy atom. The summed E-state index contributed by atoms with van der Waals surface area (Å²) in [7, 11) is -1.58. The molecule has 0 aromatic heterocycles. The van der Waals surface area contributed by atoms with Gasteiger partial charge in [0.25, 0.3) is 0 Å². The van der Waals surface area contributed by atoms with Gasteiger partial charge in [0.1, 0.15) is 5.75 Å². The molecule has 0 amide bonds. The van der Waals surface area contributed by atoms with Crippen LogP contribution in [0.3, 0.4) is 0 Å². The Morgan fingerprint density at radius 1 is 1.19 bits per heavy atom. The molecular formula is C18H32N4O3S. The normalized spacial score (nSPS) is 12.3. The van der Waals surface area contributed by atoms with E-state index in [1.54, 1.807) is 7.05 Å². The molecule has 7 nitrogen and oxygen atoms in total. The molecule has 0 bridgehead atoms. The molecule has 2 N–H and O–H groups in total. The van der Waals surface area contributed by atoms with Gasteiger partial charge in [0.15, 0.2) is 5.96 Å². The van der Waals surface area contributed by atoms with E-state index in [4.69, 9.17) is 4.74 Å². The molecule has 0 aliphatic rings. The smallest absolute Gasteiger partial charge is 0.215 e. The summed E-state index contributed by atoms with van der Waals surface area (Å²) in [4.78, 5) is 4.15. The molecule has 26 heavy (non-hydrogen) atoms. The first-order valence-corrected chi connectivity index (χ1v) is 10.6. The molecule has 8 heteroatoms. The minimum absolute atomic E-state index is 0.0319. The third-order valence-corrected chi connectivity index (χ3v) is 5.97. The van der Waals surface area contributed by atoms with Crippen LogP contribution in [0.4, 0.5) is 0 Å².